The highest BCUT2D eigenvalue weighted by Crippen LogP contribution is 2.36. The lowest BCUT2D eigenvalue weighted by Gasteiger charge is -2.33. The van der Waals surface area contributed by atoms with Crippen LogP contribution in [0, 0.1) is 6.92 Å². The largest absolute Gasteiger partial charge is 0.394 e. The van der Waals surface area contributed by atoms with Crippen LogP contribution in [0.2, 0.25) is 10.0 Å². The predicted octanol–water partition coefficient (Wildman–Crippen LogP) is 7.10. The Kier molecular flexibility index (Phi) is 7.74. The van der Waals surface area contributed by atoms with Crippen LogP contribution in [0.25, 0.3) is 16.9 Å². The van der Waals surface area contributed by atoms with Crippen molar-refractivity contribution in [3.05, 3.63) is 106 Å². The average molecular weight is 494 g/mol. The van der Waals surface area contributed by atoms with Gasteiger partial charge in [0, 0.05) is 28.7 Å². The molecule has 0 spiro atoms. The maximum Gasteiger partial charge on any atom is 0.0860 e. The van der Waals surface area contributed by atoms with Gasteiger partial charge in [-0.15, -0.1) is 0 Å². The van der Waals surface area contributed by atoms with Crippen LogP contribution in [-0.2, 0) is 6.54 Å². The molecular weight excluding hydrogens is 465 g/mol. The monoisotopic (exact) mass is 493 g/mol. The Morgan fingerprint density at radius 2 is 1.56 bits per heavy atom. The molecule has 0 saturated heterocycles. The van der Waals surface area contributed by atoms with Gasteiger partial charge in [0.05, 0.1) is 34.7 Å². The Balaban J connectivity index is 1.87. The smallest absolute Gasteiger partial charge is 0.0860 e. The van der Waals surface area contributed by atoms with E-state index in [-0.39, 0.29) is 18.7 Å². The van der Waals surface area contributed by atoms with Gasteiger partial charge in [-0.3, -0.25) is 4.90 Å². The highest BCUT2D eigenvalue weighted by Gasteiger charge is 2.29. The third-order valence-corrected chi connectivity index (χ3v) is 6.69. The summed E-state index contributed by atoms with van der Waals surface area (Å²) in [4.78, 5) is 2.28. The maximum atomic E-state index is 10.6. The Hall–Kier alpha value is -2.63. The molecule has 6 heteroatoms. The lowest BCUT2D eigenvalue weighted by Crippen LogP contribution is -2.37. The number of hydrogen-bond donors (Lipinski definition) is 1. The minimum atomic E-state index is -0.282. The molecule has 1 aromatic heterocycles. The van der Waals surface area contributed by atoms with Crippen LogP contribution in [-0.4, -0.2) is 32.4 Å². The van der Waals surface area contributed by atoms with E-state index in [1.54, 1.807) is 0 Å². The van der Waals surface area contributed by atoms with E-state index in [9.17, 15) is 5.11 Å². The van der Waals surface area contributed by atoms with Crippen molar-refractivity contribution in [2.75, 3.05) is 6.61 Å². The van der Waals surface area contributed by atoms with Crippen molar-refractivity contribution in [3.63, 3.8) is 0 Å². The van der Waals surface area contributed by atoms with Crippen LogP contribution in [0.1, 0.15) is 36.7 Å². The SMILES string of the molecule is Cc1c(C(CO)N(Cc2ccccc2)C(C)C)nn(-c2ccccc2Cl)c1-c1ccc(Cl)cc1. The molecule has 0 aliphatic rings. The van der Waals surface area contributed by atoms with Crippen molar-refractivity contribution >= 4 is 23.2 Å². The van der Waals surface area contributed by atoms with E-state index < -0.39 is 0 Å². The van der Waals surface area contributed by atoms with Gasteiger partial charge in [-0.2, -0.15) is 5.10 Å². The number of halogens is 2. The predicted molar refractivity (Wildman–Crippen MR) is 141 cm³/mol. The third kappa shape index (κ3) is 5.06. The summed E-state index contributed by atoms with van der Waals surface area (Å²) >= 11 is 12.8. The third-order valence-electron chi connectivity index (χ3n) is 6.12. The average Bonchev–Trinajstić information content (AvgIpc) is 3.17. The molecule has 0 bridgehead atoms. The molecule has 0 fully saturated rings. The lowest BCUT2D eigenvalue weighted by molar-refractivity contribution is 0.0850. The summed E-state index contributed by atoms with van der Waals surface area (Å²) in [6.07, 6.45) is 0. The first-order chi connectivity index (χ1) is 16.4. The van der Waals surface area contributed by atoms with Gasteiger partial charge in [-0.05, 0) is 50.6 Å². The number of hydrogen-bond acceptors (Lipinski definition) is 3. The van der Waals surface area contributed by atoms with Crippen LogP contribution in [0.4, 0.5) is 0 Å². The zero-order chi connectivity index (χ0) is 24.2. The molecule has 1 unspecified atom stereocenters. The minimum absolute atomic E-state index is 0.0502. The fourth-order valence-corrected chi connectivity index (χ4v) is 4.71. The van der Waals surface area contributed by atoms with Gasteiger partial charge in [-0.1, -0.05) is 77.8 Å². The van der Waals surface area contributed by atoms with E-state index in [0.29, 0.717) is 16.6 Å². The van der Waals surface area contributed by atoms with Crippen LogP contribution in [0.15, 0.2) is 78.9 Å². The van der Waals surface area contributed by atoms with Gasteiger partial charge in [0.2, 0.25) is 0 Å². The first-order valence-corrected chi connectivity index (χ1v) is 12.2. The van der Waals surface area contributed by atoms with Crippen LogP contribution < -0.4 is 0 Å². The van der Waals surface area contributed by atoms with Gasteiger partial charge >= 0.3 is 0 Å². The summed E-state index contributed by atoms with van der Waals surface area (Å²) in [5, 5.41) is 16.9. The number of aliphatic hydroxyl groups excluding tert-OH is 1. The van der Waals surface area contributed by atoms with Gasteiger partial charge in [0.25, 0.3) is 0 Å². The molecule has 0 radical (unpaired) electrons. The second kappa shape index (κ2) is 10.7. The molecule has 4 nitrogen and oxygen atoms in total. The number of aliphatic hydroxyl groups is 1. The molecule has 176 valence electrons. The number of benzene rings is 3. The number of para-hydroxylation sites is 1. The number of rotatable bonds is 8. The Bertz CT molecular complexity index is 1240. The summed E-state index contributed by atoms with van der Waals surface area (Å²) in [6, 6.07) is 25.6. The van der Waals surface area contributed by atoms with E-state index in [4.69, 9.17) is 28.3 Å². The van der Waals surface area contributed by atoms with Crippen molar-refractivity contribution in [1.82, 2.24) is 14.7 Å². The quantitative estimate of drug-likeness (QED) is 0.284. The zero-order valence-corrected chi connectivity index (χ0v) is 21.1. The van der Waals surface area contributed by atoms with Crippen molar-refractivity contribution in [2.45, 2.75) is 39.4 Å². The van der Waals surface area contributed by atoms with Gasteiger partial charge < -0.3 is 5.11 Å². The first-order valence-electron chi connectivity index (χ1n) is 11.4. The van der Waals surface area contributed by atoms with E-state index in [1.165, 1.54) is 5.56 Å². The molecule has 1 atom stereocenters. The van der Waals surface area contributed by atoms with Crippen LogP contribution in [0.5, 0.6) is 0 Å². The molecule has 1 heterocycles. The molecule has 0 aliphatic heterocycles. The Morgan fingerprint density at radius 1 is 0.912 bits per heavy atom. The van der Waals surface area contributed by atoms with E-state index in [2.05, 4.69) is 37.8 Å². The van der Waals surface area contributed by atoms with Crippen molar-refractivity contribution in [3.8, 4) is 16.9 Å². The second-order valence-electron chi connectivity index (χ2n) is 8.68. The lowest BCUT2D eigenvalue weighted by atomic mass is 10.0. The Morgan fingerprint density at radius 3 is 2.18 bits per heavy atom. The summed E-state index contributed by atoms with van der Waals surface area (Å²) in [7, 11) is 0. The molecule has 0 saturated carbocycles. The van der Waals surface area contributed by atoms with Gasteiger partial charge in [-0.25, -0.2) is 4.68 Å². The fourth-order valence-electron chi connectivity index (χ4n) is 4.37. The van der Waals surface area contributed by atoms with Crippen molar-refractivity contribution in [1.29, 1.82) is 0 Å². The van der Waals surface area contributed by atoms with E-state index in [1.807, 2.05) is 71.4 Å². The fraction of sp³-hybridized carbons (Fsp3) is 0.250. The van der Waals surface area contributed by atoms with E-state index in [0.717, 1.165) is 28.2 Å². The molecule has 1 N–H and O–H groups in total. The number of nitrogens with zero attached hydrogens (tertiary/aromatic N) is 3. The standard InChI is InChI=1S/C28H29Cl2N3O/c1-19(2)32(17-21-9-5-4-6-10-21)26(18-34)27-20(3)28(22-13-15-23(29)16-14-22)33(31-27)25-12-8-7-11-24(25)30/h4-16,19,26,34H,17-18H2,1-3H3. The van der Waals surface area contributed by atoms with Crippen molar-refractivity contribution < 1.29 is 5.11 Å². The topological polar surface area (TPSA) is 41.3 Å². The minimum Gasteiger partial charge on any atom is -0.394 e. The molecule has 0 aliphatic carbocycles. The van der Waals surface area contributed by atoms with Gasteiger partial charge in [0.1, 0.15) is 0 Å². The molecular formula is C28H29Cl2N3O. The summed E-state index contributed by atoms with van der Waals surface area (Å²) in [5.41, 5.74) is 5.73. The van der Waals surface area contributed by atoms with Crippen LogP contribution >= 0.6 is 23.2 Å². The van der Waals surface area contributed by atoms with Gasteiger partial charge in [0.15, 0.2) is 0 Å². The Labute approximate surface area is 211 Å². The molecule has 34 heavy (non-hydrogen) atoms. The molecule has 4 aromatic rings. The highest BCUT2D eigenvalue weighted by atomic mass is 35.5. The van der Waals surface area contributed by atoms with E-state index >= 15 is 0 Å². The maximum absolute atomic E-state index is 10.6. The summed E-state index contributed by atoms with van der Waals surface area (Å²) in [5.74, 6) is 0. The summed E-state index contributed by atoms with van der Waals surface area (Å²) < 4.78 is 1.89. The van der Waals surface area contributed by atoms with Crippen molar-refractivity contribution in [2.24, 2.45) is 0 Å². The number of aromatic nitrogens is 2. The normalized spacial score (nSPS) is 12.5. The second-order valence-corrected chi connectivity index (χ2v) is 9.52. The molecule has 3 aromatic carbocycles. The van der Waals surface area contributed by atoms with Crippen LogP contribution in [0.3, 0.4) is 0 Å². The molecule has 0 amide bonds. The molecule has 4 rings (SSSR count). The first kappa shape index (κ1) is 24.5. The summed E-state index contributed by atoms with van der Waals surface area (Å²) in [6.45, 7) is 7.01. The highest BCUT2D eigenvalue weighted by molar-refractivity contribution is 6.32. The zero-order valence-electron chi connectivity index (χ0n) is 19.6.